The number of nitrogens with one attached hydrogen (secondary N) is 1. The molecule has 5 heteroatoms. The number of aryl methyl sites for hydroxylation is 1. The first-order valence-electron chi connectivity index (χ1n) is 11.2. The van der Waals surface area contributed by atoms with Gasteiger partial charge in [-0.05, 0) is 67.9 Å². The van der Waals surface area contributed by atoms with Gasteiger partial charge in [0, 0.05) is 16.3 Å². The molecule has 0 saturated heterocycles. The van der Waals surface area contributed by atoms with Gasteiger partial charge in [-0.1, -0.05) is 42.5 Å². The highest BCUT2D eigenvalue weighted by Crippen LogP contribution is 2.45. The maximum absolute atomic E-state index is 13.5. The van der Waals surface area contributed by atoms with Crippen molar-refractivity contribution in [1.29, 1.82) is 0 Å². The molecule has 1 atom stereocenters. The minimum absolute atomic E-state index is 0.0418. The van der Waals surface area contributed by atoms with Crippen molar-refractivity contribution in [2.75, 3.05) is 18.5 Å². The first-order valence-corrected chi connectivity index (χ1v) is 12.1. The van der Waals surface area contributed by atoms with Crippen LogP contribution in [0.15, 0.2) is 54.6 Å². The largest absolute Gasteiger partial charge is 0.492 e. The number of amides is 2. The number of carbonyl (C=O) groups is 1. The van der Waals surface area contributed by atoms with E-state index in [1.165, 1.54) is 41.7 Å². The Hall–Kier alpha value is -2.79. The van der Waals surface area contributed by atoms with Gasteiger partial charge in [-0.25, -0.2) is 4.79 Å². The summed E-state index contributed by atoms with van der Waals surface area (Å²) in [5, 5.41) is 3.12. The second-order valence-electron chi connectivity index (χ2n) is 8.17. The lowest BCUT2D eigenvalue weighted by molar-refractivity contribution is 0.195. The highest BCUT2D eigenvalue weighted by molar-refractivity contribution is 7.12. The predicted molar refractivity (Wildman–Crippen MR) is 126 cm³/mol. The Morgan fingerprint density at radius 3 is 2.65 bits per heavy atom. The normalized spacial score (nSPS) is 17.6. The number of fused-ring (bicyclic) bond motifs is 3. The van der Waals surface area contributed by atoms with Gasteiger partial charge < -0.3 is 15.0 Å². The third kappa shape index (κ3) is 3.83. The van der Waals surface area contributed by atoms with Crippen molar-refractivity contribution in [2.24, 2.45) is 0 Å². The highest BCUT2D eigenvalue weighted by Gasteiger charge is 2.36. The van der Waals surface area contributed by atoms with Crippen LogP contribution >= 0.6 is 11.3 Å². The second kappa shape index (κ2) is 8.75. The van der Waals surface area contributed by atoms with E-state index in [1.54, 1.807) is 10.4 Å². The van der Waals surface area contributed by atoms with Gasteiger partial charge >= 0.3 is 6.03 Å². The fraction of sp³-hybridized carbons (Fsp3) is 0.346. The van der Waals surface area contributed by atoms with E-state index in [1.807, 2.05) is 53.5 Å². The summed E-state index contributed by atoms with van der Waals surface area (Å²) in [6.45, 7) is 3.24. The van der Waals surface area contributed by atoms with Crippen LogP contribution in [0, 0.1) is 0 Å². The maximum atomic E-state index is 13.5. The van der Waals surface area contributed by atoms with Crippen molar-refractivity contribution in [2.45, 2.75) is 45.1 Å². The number of carbonyl (C=O) groups excluding carboxylic acids is 1. The van der Waals surface area contributed by atoms with Crippen LogP contribution in [0.3, 0.4) is 0 Å². The number of ether oxygens (including phenoxy) is 1. The molecule has 160 valence electrons. The van der Waals surface area contributed by atoms with Gasteiger partial charge in [0.2, 0.25) is 0 Å². The van der Waals surface area contributed by atoms with Crippen LogP contribution in [-0.2, 0) is 19.3 Å². The zero-order valence-corrected chi connectivity index (χ0v) is 18.7. The number of hydrogen-bond acceptors (Lipinski definition) is 3. The van der Waals surface area contributed by atoms with Gasteiger partial charge in [0.05, 0.1) is 18.3 Å². The maximum Gasteiger partial charge on any atom is 0.322 e. The molecular weight excluding hydrogens is 404 g/mol. The quantitative estimate of drug-likeness (QED) is 0.533. The van der Waals surface area contributed by atoms with E-state index in [4.69, 9.17) is 4.74 Å². The van der Waals surface area contributed by atoms with E-state index in [9.17, 15) is 4.79 Å². The van der Waals surface area contributed by atoms with Crippen molar-refractivity contribution in [3.05, 3.63) is 81.0 Å². The SMILES string of the molecule is CCOc1ccccc1NC(=O)N1CCc2c(sc3c2CCCC3)[C@H]1c1ccccc1. The Morgan fingerprint density at radius 1 is 1.03 bits per heavy atom. The Bertz CT molecular complexity index is 1080. The number of hydrogen-bond donors (Lipinski definition) is 1. The van der Waals surface area contributed by atoms with Gasteiger partial charge in [0.25, 0.3) is 0 Å². The molecule has 4 nitrogen and oxygen atoms in total. The van der Waals surface area contributed by atoms with E-state index in [-0.39, 0.29) is 12.1 Å². The predicted octanol–water partition coefficient (Wildman–Crippen LogP) is 6.21. The lowest BCUT2D eigenvalue weighted by Gasteiger charge is -2.36. The van der Waals surface area contributed by atoms with Crippen molar-refractivity contribution < 1.29 is 9.53 Å². The van der Waals surface area contributed by atoms with Crippen molar-refractivity contribution in [3.63, 3.8) is 0 Å². The topological polar surface area (TPSA) is 41.6 Å². The van der Waals surface area contributed by atoms with E-state index < -0.39 is 0 Å². The Balaban J connectivity index is 1.51. The molecule has 2 aliphatic rings. The van der Waals surface area contributed by atoms with Crippen LogP contribution in [-0.4, -0.2) is 24.1 Å². The average molecular weight is 433 g/mol. The third-order valence-electron chi connectivity index (χ3n) is 6.28. The molecule has 2 amide bonds. The van der Waals surface area contributed by atoms with Crippen LogP contribution in [0.25, 0.3) is 0 Å². The molecular formula is C26H28N2O2S. The molecule has 0 bridgehead atoms. The first-order chi connectivity index (χ1) is 15.3. The lowest BCUT2D eigenvalue weighted by Crippen LogP contribution is -2.42. The second-order valence-corrected chi connectivity index (χ2v) is 9.31. The van der Waals surface area contributed by atoms with Crippen LogP contribution in [0.5, 0.6) is 5.75 Å². The summed E-state index contributed by atoms with van der Waals surface area (Å²) >= 11 is 1.93. The molecule has 1 aliphatic carbocycles. The molecule has 0 fully saturated rings. The van der Waals surface area contributed by atoms with E-state index in [0.29, 0.717) is 12.4 Å². The van der Waals surface area contributed by atoms with Crippen molar-refractivity contribution >= 4 is 23.1 Å². The first kappa shape index (κ1) is 20.1. The van der Waals surface area contributed by atoms with Gasteiger partial charge in [-0.2, -0.15) is 0 Å². The number of rotatable bonds is 4. The monoisotopic (exact) mass is 432 g/mol. The van der Waals surface area contributed by atoms with Gasteiger partial charge in [0.1, 0.15) is 5.75 Å². The molecule has 0 radical (unpaired) electrons. The van der Waals surface area contributed by atoms with Gasteiger partial charge in [-0.15, -0.1) is 11.3 Å². The summed E-state index contributed by atoms with van der Waals surface area (Å²) < 4.78 is 5.72. The van der Waals surface area contributed by atoms with Crippen molar-refractivity contribution in [3.8, 4) is 5.75 Å². The Labute approximate surface area is 187 Å². The summed E-state index contributed by atoms with van der Waals surface area (Å²) in [5.74, 6) is 0.707. The smallest absolute Gasteiger partial charge is 0.322 e. The van der Waals surface area contributed by atoms with Crippen LogP contribution < -0.4 is 10.1 Å². The Kier molecular flexibility index (Phi) is 5.68. The molecule has 1 aromatic heterocycles. The lowest BCUT2D eigenvalue weighted by atomic mass is 9.88. The number of thiophene rings is 1. The van der Waals surface area contributed by atoms with Gasteiger partial charge in [0.15, 0.2) is 0 Å². The highest BCUT2D eigenvalue weighted by atomic mass is 32.1. The summed E-state index contributed by atoms with van der Waals surface area (Å²) in [7, 11) is 0. The fourth-order valence-corrected chi connectivity index (χ4v) is 6.46. The molecule has 5 rings (SSSR count). The Morgan fingerprint density at radius 2 is 1.81 bits per heavy atom. The third-order valence-corrected chi connectivity index (χ3v) is 7.67. The minimum Gasteiger partial charge on any atom is -0.492 e. The summed E-state index contributed by atoms with van der Waals surface area (Å²) in [5.41, 5.74) is 4.98. The summed E-state index contributed by atoms with van der Waals surface area (Å²) in [4.78, 5) is 18.4. The molecule has 1 aliphatic heterocycles. The average Bonchev–Trinajstić information content (AvgIpc) is 3.19. The van der Waals surface area contributed by atoms with E-state index >= 15 is 0 Å². The number of urea groups is 1. The minimum atomic E-state index is -0.0713. The number of benzene rings is 2. The fourth-order valence-electron chi connectivity index (χ4n) is 4.87. The van der Waals surface area contributed by atoms with E-state index in [2.05, 4.69) is 29.6 Å². The molecule has 0 saturated carbocycles. The molecule has 2 aromatic carbocycles. The standard InChI is InChI=1S/C26H28N2O2S/c1-2-30-22-14-8-7-13-21(22)27-26(29)28-17-16-20-19-12-6-9-15-23(19)31-25(20)24(28)18-10-4-3-5-11-18/h3-5,7-8,10-11,13-14,24H,2,6,9,12,15-17H2,1H3,(H,27,29)/t24-/m1/s1. The van der Waals surface area contributed by atoms with Gasteiger partial charge in [-0.3, -0.25) is 0 Å². The molecule has 2 heterocycles. The van der Waals surface area contributed by atoms with E-state index in [0.717, 1.165) is 18.7 Å². The summed E-state index contributed by atoms with van der Waals surface area (Å²) in [6.07, 6.45) is 5.87. The molecule has 3 aromatic rings. The zero-order valence-electron chi connectivity index (χ0n) is 17.9. The van der Waals surface area contributed by atoms with Crippen molar-refractivity contribution in [1.82, 2.24) is 4.90 Å². The molecule has 0 spiro atoms. The van der Waals surface area contributed by atoms with Crippen LogP contribution in [0.2, 0.25) is 0 Å². The van der Waals surface area contributed by atoms with Crippen LogP contribution in [0.1, 0.15) is 52.3 Å². The number of nitrogens with zero attached hydrogens (tertiary/aromatic N) is 1. The van der Waals surface area contributed by atoms with Crippen LogP contribution in [0.4, 0.5) is 10.5 Å². The molecule has 1 N–H and O–H groups in total. The molecule has 31 heavy (non-hydrogen) atoms. The number of anilines is 1. The summed E-state index contributed by atoms with van der Waals surface area (Å²) in [6, 6.07) is 18.0. The number of para-hydroxylation sites is 2. The zero-order chi connectivity index (χ0) is 21.2. The molecule has 0 unspecified atom stereocenters.